The summed E-state index contributed by atoms with van der Waals surface area (Å²) in [7, 11) is 0. The minimum Gasteiger partial charge on any atom is -0.339 e. The first-order valence-corrected chi connectivity index (χ1v) is 10.7. The molecule has 6 nitrogen and oxygen atoms in total. The van der Waals surface area contributed by atoms with Gasteiger partial charge in [-0.05, 0) is 77.3 Å². The molecule has 0 aliphatic carbocycles. The number of nitrogens with one attached hydrogen (secondary N) is 4. The van der Waals surface area contributed by atoms with Crippen LogP contribution in [0.2, 0.25) is 0 Å². The Morgan fingerprint density at radius 1 is 1.00 bits per heavy atom. The third kappa shape index (κ3) is 8.13. The Morgan fingerprint density at radius 3 is 2.14 bits per heavy atom. The van der Waals surface area contributed by atoms with E-state index in [1.54, 1.807) is 48.5 Å². The summed E-state index contributed by atoms with van der Waals surface area (Å²) in [6.07, 6.45) is -1.10. The van der Waals surface area contributed by atoms with Crippen LogP contribution in [0.5, 0.6) is 0 Å². The van der Waals surface area contributed by atoms with E-state index >= 15 is 0 Å². The smallest absolute Gasteiger partial charge is 0.252 e. The molecule has 154 valence electrons. The van der Waals surface area contributed by atoms with Gasteiger partial charge in [0.2, 0.25) is 9.70 Å². The highest BCUT2D eigenvalue weighted by atomic mass is 127. The summed E-state index contributed by atoms with van der Waals surface area (Å²) in [4.78, 5) is 23.7. The van der Waals surface area contributed by atoms with E-state index in [1.807, 2.05) is 0 Å². The summed E-state index contributed by atoms with van der Waals surface area (Å²) in [5.41, 5.74) is 1.60. The number of carbonyl (C=O) groups excluding carboxylic acids is 2. The molecule has 2 aromatic carbocycles. The van der Waals surface area contributed by atoms with Crippen molar-refractivity contribution in [3.8, 4) is 0 Å². The summed E-state index contributed by atoms with van der Waals surface area (Å²) >= 11 is 25.4. The first kappa shape index (κ1) is 23.9. The number of carbonyl (C=O) groups is 2. The Bertz CT molecular complexity index is 907. The number of halogens is 4. The minimum atomic E-state index is -1.87. The molecule has 0 aliphatic rings. The lowest BCUT2D eigenvalue weighted by atomic mass is 10.2. The molecule has 2 amide bonds. The van der Waals surface area contributed by atoms with Crippen molar-refractivity contribution in [1.82, 2.24) is 10.6 Å². The zero-order valence-corrected chi connectivity index (χ0v) is 20.2. The Hall–Kier alpha value is -1.33. The standard InChI is InChI=1S/C18H16Cl3IN4O2S/c1-10(27)23-13-3-2-4-14(9-13)24-17(29)26-16(18(19,20)21)25-15(28)11-5-7-12(22)8-6-11/h2-9,16H,1H3,(H,23,27)(H,25,28)(H2,24,26,29). The Balaban J connectivity index is 2.06. The van der Waals surface area contributed by atoms with Crippen LogP contribution in [-0.4, -0.2) is 26.9 Å². The van der Waals surface area contributed by atoms with E-state index in [1.165, 1.54) is 6.92 Å². The fourth-order valence-electron chi connectivity index (χ4n) is 2.19. The van der Waals surface area contributed by atoms with E-state index in [0.29, 0.717) is 16.9 Å². The SMILES string of the molecule is CC(=O)Nc1cccc(NC(=S)NC(NC(=O)c2ccc(I)cc2)C(Cl)(Cl)Cl)c1. The normalized spacial score (nSPS) is 11.9. The van der Waals surface area contributed by atoms with E-state index in [-0.39, 0.29) is 11.0 Å². The van der Waals surface area contributed by atoms with Gasteiger partial charge in [-0.1, -0.05) is 40.9 Å². The Labute approximate surface area is 202 Å². The molecule has 0 saturated carbocycles. The minimum absolute atomic E-state index is 0.115. The monoisotopic (exact) mass is 584 g/mol. The van der Waals surface area contributed by atoms with Crippen molar-refractivity contribution in [1.29, 1.82) is 0 Å². The molecule has 0 spiro atoms. The number of hydrogen-bond donors (Lipinski definition) is 4. The topological polar surface area (TPSA) is 82.3 Å². The molecule has 1 atom stereocenters. The summed E-state index contributed by atoms with van der Waals surface area (Å²) in [6.45, 7) is 1.41. The average molecular weight is 586 g/mol. The molecule has 29 heavy (non-hydrogen) atoms. The van der Waals surface area contributed by atoms with Gasteiger partial charge < -0.3 is 21.3 Å². The van der Waals surface area contributed by atoms with E-state index in [4.69, 9.17) is 47.0 Å². The summed E-state index contributed by atoms with van der Waals surface area (Å²) in [5, 5.41) is 11.1. The molecular formula is C18H16Cl3IN4O2S. The maximum Gasteiger partial charge on any atom is 0.252 e. The molecule has 2 aromatic rings. The van der Waals surface area contributed by atoms with Crippen molar-refractivity contribution in [3.63, 3.8) is 0 Å². The molecule has 0 aromatic heterocycles. The predicted octanol–water partition coefficient (Wildman–Crippen LogP) is 4.66. The van der Waals surface area contributed by atoms with Crippen molar-refractivity contribution in [2.24, 2.45) is 0 Å². The lowest BCUT2D eigenvalue weighted by Crippen LogP contribution is -2.56. The van der Waals surface area contributed by atoms with Crippen LogP contribution < -0.4 is 21.3 Å². The van der Waals surface area contributed by atoms with E-state index in [2.05, 4.69) is 43.9 Å². The van der Waals surface area contributed by atoms with Crippen LogP contribution in [0, 0.1) is 3.57 Å². The number of benzene rings is 2. The van der Waals surface area contributed by atoms with Crippen LogP contribution in [0.15, 0.2) is 48.5 Å². The van der Waals surface area contributed by atoms with Crippen LogP contribution in [0.3, 0.4) is 0 Å². The third-order valence-electron chi connectivity index (χ3n) is 3.43. The fraction of sp³-hybridized carbons (Fsp3) is 0.167. The first-order chi connectivity index (χ1) is 13.5. The van der Waals surface area contributed by atoms with Gasteiger partial charge in [-0.25, -0.2) is 0 Å². The van der Waals surface area contributed by atoms with Gasteiger partial charge >= 0.3 is 0 Å². The zero-order valence-electron chi connectivity index (χ0n) is 14.9. The van der Waals surface area contributed by atoms with Gasteiger partial charge in [-0.15, -0.1) is 0 Å². The van der Waals surface area contributed by atoms with E-state index < -0.39 is 15.9 Å². The Morgan fingerprint density at radius 2 is 1.59 bits per heavy atom. The molecule has 4 N–H and O–H groups in total. The summed E-state index contributed by atoms with van der Waals surface area (Å²) < 4.78 is -0.884. The second kappa shape index (κ2) is 10.6. The molecule has 1 unspecified atom stereocenters. The number of anilines is 2. The fourth-order valence-corrected chi connectivity index (χ4v) is 3.11. The van der Waals surface area contributed by atoms with Crippen molar-refractivity contribution in [2.45, 2.75) is 16.9 Å². The van der Waals surface area contributed by atoms with E-state index in [9.17, 15) is 9.59 Å². The van der Waals surface area contributed by atoms with Crippen molar-refractivity contribution < 1.29 is 9.59 Å². The lowest BCUT2D eigenvalue weighted by Gasteiger charge is -2.27. The van der Waals surface area contributed by atoms with Crippen LogP contribution in [0.25, 0.3) is 0 Å². The Kier molecular flexibility index (Phi) is 8.77. The number of rotatable bonds is 5. The molecule has 0 radical (unpaired) electrons. The summed E-state index contributed by atoms with van der Waals surface area (Å²) in [5.74, 6) is -0.627. The molecular weight excluding hydrogens is 570 g/mol. The van der Waals surface area contributed by atoms with Crippen LogP contribution >= 0.6 is 69.6 Å². The van der Waals surface area contributed by atoms with Gasteiger partial charge in [0.25, 0.3) is 5.91 Å². The number of hydrogen-bond acceptors (Lipinski definition) is 3. The summed E-state index contributed by atoms with van der Waals surface area (Å²) in [6, 6.07) is 13.8. The van der Waals surface area contributed by atoms with Crippen LogP contribution in [0.4, 0.5) is 11.4 Å². The van der Waals surface area contributed by atoms with Crippen molar-refractivity contribution in [2.75, 3.05) is 10.6 Å². The second-order valence-electron chi connectivity index (χ2n) is 5.82. The van der Waals surface area contributed by atoms with E-state index in [0.717, 1.165) is 3.57 Å². The maximum absolute atomic E-state index is 12.5. The van der Waals surface area contributed by atoms with Gasteiger partial charge in [0.15, 0.2) is 5.11 Å². The molecule has 0 aliphatic heterocycles. The second-order valence-corrected chi connectivity index (χ2v) is 9.84. The maximum atomic E-state index is 12.5. The predicted molar refractivity (Wildman–Crippen MR) is 131 cm³/mol. The highest BCUT2D eigenvalue weighted by Crippen LogP contribution is 2.29. The molecule has 0 saturated heterocycles. The number of thiocarbonyl (C=S) groups is 1. The van der Waals surface area contributed by atoms with Gasteiger partial charge in [0.05, 0.1) is 0 Å². The van der Waals surface area contributed by atoms with Crippen LogP contribution in [0.1, 0.15) is 17.3 Å². The molecule has 0 heterocycles. The highest BCUT2D eigenvalue weighted by Gasteiger charge is 2.34. The van der Waals surface area contributed by atoms with Crippen molar-refractivity contribution in [3.05, 3.63) is 57.7 Å². The average Bonchev–Trinajstić information content (AvgIpc) is 2.60. The molecule has 0 bridgehead atoms. The van der Waals surface area contributed by atoms with Gasteiger partial charge in [0.1, 0.15) is 6.17 Å². The van der Waals surface area contributed by atoms with Gasteiger partial charge in [-0.3, -0.25) is 9.59 Å². The number of amides is 2. The molecule has 11 heteroatoms. The van der Waals surface area contributed by atoms with Crippen LogP contribution in [-0.2, 0) is 4.79 Å². The van der Waals surface area contributed by atoms with Gasteiger partial charge in [0, 0.05) is 27.4 Å². The zero-order chi connectivity index (χ0) is 21.6. The van der Waals surface area contributed by atoms with Gasteiger partial charge in [-0.2, -0.15) is 0 Å². The lowest BCUT2D eigenvalue weighted by molar-refractivity contribution is -0.114. The molecule has 0 fully saturated rings. The molecule has 2 rings (SSSR count). The quantitative estimate of drug-likeness (QED) is 0.178. The third-order valence-corrected chi connectivity index (χ3v) is 5.02. The highest BCUT2D eigenvalue weighted by molar-refractivity contribution is 14.1. The first-order valence-electron chi connectivity index (χ1n) is 8.13. The van der Waals surface area contributed by atoms with Crippen molar-refractivity contribution >= 4 is 97.9 Å². The largest absolute Gasteiger partial charge is 0.339 e. The number of alkyl halides is 3.